The van der Waals surface area contributed by atoms with E-state index in [0.717, 1.165) is 11.5 Å². The zero-order valence-electron chi connectivity index (χ0n) is 19.1. The number of rotatable bonds is 6. The van der Waals surface area contributed by atoms with Crippen LogP contribution in [0, 0.1) is 0 Å². The van der Waals surface area contributed by atoms with Crippen molar-refractivity contribution in [1.29, 1.82) is 0 Å². The molecule has 1 heterocycles. The van der Waals surface area contributed by atoms with Crippen molar-refractivity contribution in [2.24, 2.45) is 0 Å². The van der Waals surface area contributed by atoms with Crippen LogP contribution < -0.4 is 9.47 Å². The van der Waals surface area contributed by atoms with E-state index in [1.165, 1.54) is 30.7 Å². The maximum Gasteiger partial charge on any atom is 0.135 e. The zero-order chi connectivity index (χ0) is 22.0. The molecule has 164 valence electrons. The molecule has 0 spiro atoms. The van der Waals surface area contributed by atoms with Gasteiger partial charge in [-0.3, -0.25) is 0 Å². The van der Waals surface area contributed by atoms with Gasteiger partial charge in [-0.2, -0.15) is 0 Å². The van der Waals surface area contributed by atoms with Crippen LogP contribution >= 0.6 is 43.2 Å². The number of fused-ring (bicyclic) bond motifs is 2. The molecule has 0 N–H and O–H groups in total. The summed E-state index contributed by atoms with van der Waals surface area (Å²) < 4.78 is 12.4. The monoisotopic (exact) mass is 480 g/mol. The molecule has 0 aliphatic carbocycles. The molecule has 3 rings (SSSR count). The van der Waals surface area contributed by atoms with E-state index in [2.05, 4.69) is 79.7 Å². The molecule has 2 nitrogen and oxygen atoms in total. The summed E-state index contributed by atoms with van der Waals surface area (Å²) in [6.45, 7) is 17.4. The Labute approximate surface area is 197 Å². The fraction of sp³-hybridized carbons (Fsp3) is 0.500. The molecule has 2 aromatic carbocycles. The molecule has 0 saturated heterocycles. The Morgan fingerprint density at radius 2 is 0.833 bits per heavy atom. The molecular weight excluding hydrogens is 449 g/mol. The lowest BCUT2D eigenvalue weighted by atomic mass is 10.0. The van der Waals surface area contributed by atoms with Gasteiger partial charge in [-0.1, -0.05) is 61.4 Å². The van der Waals surface area contributed by atoms with Crippen LogP contribution in [0.25, 0.3) is 0 Å². The van der Waals surface area contributed by atoms with Crippen molar-refractivity contribution in [3.05, 3.63) is 35.4 Å². The highest BCUT2D eigenvalue weighted by molar-refractivity contribution is 8.79. The van der Waals surface area contributed by atoms with Crippen molar-refractivity contribution in [3.8, 4) is 11.5 Å². The standard InChI is InChI=1S/C24H32O2S4/c1-13(2)17-9-11-19(25-15(5)6)23-21(17)27-28-22-18(14(3)4)10-12-20(26-16(7)8)24(22)30-29-23/h9-16H,1-8H3. The smallest absolute Gasteiger partial charge is 0.135 e. The Hall–Kier alpha value is -0.560. The molecule has 0 atom stereocenters. The highest BCUT2D eigenvalue weighted by Gasteiger charge is 2.26. The van der Waals surface area contributed by atoms with Crippen molar-refractivity contribution in [3.63, 3.8) is 0 Å². The first kappa shape index (κ1) is 24.1. The van der Waals surface area contributed by atoms with Crippen molar-refractivity contribution in [1.82, 2.24) is 0 Å². The van der Waals surface area contributed by atoms with Crippen molar-refractivity contribution in [2.45, 2.75) is 99.0 Å². The number of ether oxygens (including phenoxy) is 2. The molecule has 0 saturated carbocycles. The van der Waals surface area contributed by atoms with Gasteiger partial charge in [0.25, 0.3) is 0 Å². The molecule has 1 aliphatic heterocycles. The summed E-state index contributed by atoms with van der Waals surface area (Å²) in [5.74, 6) is 2.88. The second kappa shape index (κ2) is 10.4. The van der Waals surface area contributed by atoms with Gasteiger partial charge in [-0.25, -0.2) is 0 Å². The molecule has 0 aromatic heterocycles. The van der Waals surface area contributed by atoms with Crippen LogP contribution in [0.15, 0.2) is 43.8 Å². The summed E-state index contributed by atoms with van der Waals surface area (Å²) in [6, 6.07) is 8.77. The number of hydrogen-bond acceptors (Lipinski definition) is 6. The summed E-state index contributed by atoms with van der Waals surface area (Å²) >= 11 is 0. The lowest BCUT2D eigenvalue weighted by Crippen LogP contribution is -2.08. The van der Waals surface area contributed by atoms with Crippen LogP contribution in [0.4, 0.5) is 0 Å². The second-order valence-electron chi connectivity index (χ2n) is 8.60. The summed E-state index contributed by atoms with van der Waals surface area (Å²) in [6.07, 6.45) is 0.291. The van der Waals surface area contributed by atoms with Gasteiger partial charge in [0.2, 0.25) is 0 Å². The highest BCUT2D eigenvalue weighted by Crippen LogP contribution is 2.60. The lowest BCUT2D eigenvalue weighted by molar-refractivity contribution is 0.235. The molecule has 30 heavy (non-hydrogen) atoms. The lowest BCUT2D eigenvalue weighted by Gasteiger charge is -2.26. The van der Waals surface area contributed by atoms with Gasteiger partial charge in [-0.15, -0.1) is 0 Å². The molecule has 0 radical (unpaired) electrons. The average molecular weight is 481 g/mol. The largest absolute Gasteiger partial charge is 0.490 e. The van der Waals surface area contributed by atoms with Gasteiger partial charge in [0.1, 0.15) is 11.5 Å². The topological polar surface area (TPSA) is 18.5 Å². The van der Waals surface area contributed by atoms with E-state index >= 15 is 0 Å². The average Bonchev–Trinajstić information content (AvgIpc) is 2.62. The van der Waals surface area contributed by atoms with E-state index in [-0.39, 0.29) is 12.2 Å². The van der Waals surface area contributed by atoms with Gasteiger partial charge in [0.15, 0.2) is 0 Å². The third-order valence-corrected chi connectivity index (χ3v) is 9.88. The van der Waals surface area contributed by atoms with Crippen molar-refractivity contribution < 1.29 is 9.47 Å². The maximum atomic E-state index is 6.20. The molecule has 0 amide bonds. The predicted molar refractivity (Wildman–Crippen MR) is 136 cm³/mol. The quantitative estimate of drug-likeness (QED) is 0.380. The second-order valence-corrected chi connectivity index (χ2v) is 12.9. The molecule has 6 heteroatoms. The van der Waals surface area contributed by atoms with E-state index in [9.17, 15) is 0 Å². The fourth-order valence-electron chi connectivity index (χ4n) is 3.22. The van der Waals surface area contributed by atoms with Crippen LogP contribution in [0.3, 0.4) is 0 Å². The van der Waals surface area contributed by atoms with Gasteiger partial charge in [0, 0.05) is 9.79 Å². The first-order chi connectivity index (χ1) is 14.2. The van der Waals surface area contributed by atoms with E-state index in [4.69, 9.17) is 9.47 Å². The summed E-state index contributed by atoms with van der Waals surface area (Å²) in [4.78, 5) is 5.13. The Morgan fingerprint density at radius 1 is 0.500 bits per heavy atom. The fourth-order valence-corrected chi connectivity index (χ4v) is 9.69. The van der Waals surface area contributed by atoms with Crippen LogP contribution in [-0.2, 0) is 0 Å². The molecule has 2 aromatic rings. The highest BCUT2D eigenvalue weighted by atomic mass is 33.1. The van der Waals surface area contributed by atoms with Gasteiger partial charge in [-0.05, 0) is 84.4 Å². The van der Waals surface area contributed by atoms with Crippen LogP contribution in [0.5, 0.6) is 11.5 Å². The minimum atomic E-state index is 0.146. The Balaban J connectivity index is 2.12. The van der Waals surface area contributed by atoms with E-state index in [1.54, 1.807) is 21.6 Å². The predicted octanol–water partition coefficient (Wildman–Crippen LogP) is 9.42. The van der Waals surface area contributed by atoms with E-state index in [1.807, 2.05) is 21.6 Å². The first-order valence-electron chi connectivity index (χ1n) is 10.5. The molecular formula is C24H32O2S4. The number of benzene rings is 2. The first-order valence-corrected chi connectivity index (χ1v) is 14.8. The Bertz CT molecular complexity index is 818. The summed E-state index contributed by atoms with van der Waals surface area (Å²) in [5, 5.41) is 0. The SMILES string of the molecule is CC(C)Oc1ccc(C(C)C)c2c1SSc1c(OC(C)C)ccc(C(C)C)c1SS2. The van der Waals surface area contributed by atoms with Crippen molar-refractivity contribution in [2.75, 3.05) is 0 Å². The molecule has 0 bridgehead atoms. The van der Waals surface area contributed by atoms with E-state index in [0.29, 0.717) is 11.8 Å². The van der Waals surface area contributed by atoms with Gasteiger partial charge in [0.05, 0.1) is 22.0 Å². The van der Waals surface area contributed by atoms with Crippen LogP contribution in [0.2, 0.25) is 0 Å². The van der Waals surface area contributed by atoms with Crippen LogP contribution in [-0.4, -0.2) is 12.2 Å². The molecule has 0 fully saturated rings. The summed E-state index contributed by atoms with van der Waals surface area (Å²) in [7, 11) is 7.35. The molecule has 1 aliphatic rings. The molecule has 0 unspecified atom stereocenters. The van der Waals surface area contributed by atoms with Crippen LogP contribution in [0.1, 0.15) is 78.4 Å². The maximum absolute atomic E-state index is 6.20. The third-order valence-electron chi connectivity index (χ3n) is 4.60. The Kier molecular flexibility index (Phi) is 8.33. The Morgan fingerprint density at radius 3 is 1.13 bits per heavy atom. The minimum absolute atomic E-state index is 0.146. The normalized spacial score (nSPS) is 14.0. The third kappa shape index (κ3) is 5.43. The summed E-state index contributed by atoms with van der Waals surface area (Å²) in [5.41, 5.74) is 2.77. The minimum Gasteiger partial charge on any atom is -0.490 e. The van der Waals surface area contributed by atoms with Gasteiger partial charge >= 0.3 is 0 Å². The van der Waals surface area contributed by atoms with Gasteiger partial charge < -0.3 is 9.47 Å². The van der Waals surface area contributed by atoms with E-state index < -0.39 is 0 Å². The zero-order valence-corrected chi connectivity index (χ0v) is 22.3. The van der Waals surface area contributed by atoms with Crippen molar-refractivity contribution >= 4 is 43.2 Å². The number of hydrogen-bond donors (Lipinski definition) is 0.